The zero-order valence-electron chi connectivity index (χ0n) is 13.3. The number of ether oxygens (including phenoxy) is 1. The quantitative estimate of drug-likeness (QED) is 0.813. The molecule has 0 heterocycles. The number of hydrogen-bond donors (Lipinski definition) is 2. The van der Waals surface area contributed by atoms with Crippen molar-refractivity contribution < 1.29 is 23.4 Å². The van der Waals surface area contributed by atoms with Crippen molar-refractivity contribution in [1.29, 1.82) is 0 Å². The number of hydrogen-bond acceptors (Lipinski definition) is 3. The fraction of sp³-hybridized carbons (Fsp3) is 0.562. The van der Waals surface area contributed by atoms with Gasteiger partial charge >= 0.3 is 5.92 Å². The van der Waals surface area contributed by atoms with E-state index in [1.165, 1.54) is 19.2 Å². The Morgan fingerprint density at radius 1 is 1.36 bits per heavy atom. The van der Waals surface area contributed by atoms with Crippen LogP contribution in [-0.2, 0) is 10.7 Å². The summed E-state index contributed by atoms with van der Waals surface area (Å²) in [5.74, 6) is -4.58. The number of aliphatic hydroxyl groups excluding tert-OH is 1. The number of nitrogens with one attached hydrogen (secondary N) is 1. The molecule has 0 fully saturated rings. The summed E-state index contributed by atoms with van der Waals surface area (Å²) in [5.41, 5.74) is -1.05. The summed E-state index contributed by atoms with van der Waals surface area (Å²) in [6.45, 7) is 5.13. The van der Waals surface area contributed by atoms with Gasteiger partial charge in [0, 0.05) is 17.5 Å². The minimum atomic E-state index is -3.64. The molecule has 6 heteroatoms. The van der Waals surface area contributed by atoms with Crippen LogP contribution in [0.2, 0.25) is 0 Å². The lowest BCUT2D eigenvalue weighted by Crippen LogP contribution is -2.46. The third kappa shape index (κ3) is 3.94. The Hall–Kier alpha value is -1.69. The van der Waals surface area contributed by atoms with Crippen LogP contribution in [0.25, 0.3) is 0 Å². The van der Waals surface area contributed by atoms with Crippen molar-refractivity contribution in [2.45, 2.75) is 39.2 Å². The number of rotatable bonds is 7. The molecule has 0 radical (unpaired) electrons. The van der Waals surface area contributed by atoms with Crippen molar-refractivity contribution in [2.24, 2.45) is 5.41 Å². The molecule has 4 nitrogen and oxygen atoms in total. The molecule has 1 amide bonds. The van der Waals surface area contributed by atoms with Crippen molar-refractivity contribution in [3.8, 4) is 5.75 Å². The Morgan fingerprint density at radius 3 is 2.32 bits per heavy atom. The second-order valence-corrected chi connectivity index (χ2v) is 5.67. The predicted molar refractivity (Wildman–Crippen MR) is 80.0 cm³/mol. The lowest BCUT2D eigenvalue weighted by molar-refractivity contribution is -0.147. The summed E-state index contributed by atoms with van der Waals surface area (Å²) in [6.07, 6.45) is -0.161. The topological polar surface area (TPSA) is 58.6 Å². The van der Waals surface area contributed by atoms with Crippen LogP contribution in [0.4, 0.5) is 8.78 Å². The van der Waals surface area contributed by atoms with Gasteiger partial charge in [0.25, 0.3) is 5.91 Å². The number of halogens is 2. The van der Waals surface area contributed by atoms with Gasteiger partial charge in [-0.1, -0.05) is 13.8 Å². The van der Waals surface area contributed by atoms with Crippen LogP contribution in [0, 0.1) is 5.41 Å². The second kappa shape index (κ2) is 7.05. The van der Waals surface area contributed by atoms with Crippen LogP contribution < -0.4 is 10.1 Å². The molecule has 22 heavy (non-hydrogen) atoms. The maximum absolute atomic E-state index is 14.2. The summed E-state index contributed by atoms with van der Waals surface area (Å²) < 4.78 is 33.2. The predicted octanol–water partition coefficient (Wildman–Crippen LogP) is 2.70. The van der Waals surface area contributed by atoms with Crippen LogP contribution >= 0.6 is 0 Å². The summed E-state index contributed by atoms with van der Waals surface area (Å²) in [6, 6.07) is 5.07. The first kappa shape index (κ1) is 18.4. The van der Waals surface area contributed by atoms with Gasteiger partial charge in [-0.15, -0.1) is 0 Å². The highest BCUT2D eigenvalue weighted by Crippen LogP contribution is 2.31. The standard InChI is InChI=1S/C16H23F2NO3/c1-5-15(3,11(2)20)10-19-14(21)16(17,18)12-6-8-13(22-4)9-7-12/h6-9,11,20H,5,10H2,1-4H3,(H,19,21)/t11-,15+/m0/s1. The van der Waals surface area contributed by atoms with E-state index < -0.39 is 28.9 Å². The Balaban J connectivity index is 2.81. The number of carbonyl (C=O) groups is 1. The van der Waals surface area contributed by atoms with Crippen molar-refractivity contribution in [1.82, 2.24) is 5.32 Å². The molecule has 2 atom stereocenters. The van der Waals surface area contributed by atoms with E-state index >= 15 is 0 Å². The van der Waals surface area contributed by atoms with Gasteiger partial charge in [-0.2, -0.15) is 8.78 Å². The van der Waals surface area contributed by atoms with Gasteiger partial charge in [-0.3, -0.25) is 4.79 Å². The lowest BCUT2D eigenvalue weighted by atomic mass is 9.82. The van der Waals surface area contributed by atoms with E-state index in [2.05, 4.69) is 5.32 Å². The smallest absolute Gasteiger partial charge is 0.349 e. The molecule has 0 unspecified atom stereocenters. The van der Waals surface area contributed by atoms with Gasteiger partial charge in [0.15, 0.2) is 0 Å². The summed E-state index contributed by atoms with van der Waals surface area (Å²) in [7, 11) is 1.43. The van der Waals surface area contributed by atoms with E-state index in [0.29, 0.717) is 12.2 Å². The molecular weight excluding hydrogens is 292 g/mol. The molecule has 2 N–H and O–H groups in total. The first-order valence-corrected chi connectivity index (χ1v) is 7.16. The Kier molecular flexibility index (Phi) is 5.88. The molecule has 0 aromatic heterocycles. The van der Waals surface area contributed by atoms with E-state index in [0.717, 1.165) is 12.1 Å². The number of methoxy groups -OCH3 is 1. The second-order valence-electron chi connectivity index (χ2n) is 5.67. The highest BCUT2D eigenvalue weighted by Gasteiger charge is 2.42. The van der Waals surface area contributed by atoms with Crippen LogP contribution in [-0.4, -0.2) is 30.8 Å². The molecule has 0 saturated carbocycles. The first-order chi connectivity index (χ1) is 10.2. The molecule has 0 aliphatic carbocycles. The number of alkyl halides is 2. The highest BCUT2D eigenvalue weighted by atomic mass is 19.3. The number of benzene rings is 1. The molecule has 1 aromatic carbocycles. The minimum absolute atomic E-state index is 0.0221. The van der Waals surface area contributed by atoms with E-state index in [1.807, 2.05) is 6.92 Å². The fourth-order valence-corrected chi connectivity index (χ4v) is 1.89. The lowest BCUT2D eigenvalue weighted by Gasteiger charge is -2.32. The van der Waals surface area contributed by atoms with Gasteiger partial charge < -0.3 is 15.2 Å². The number of amides is 1. The molecule has 0 saturated heterocycles. The zero-order chi connectivity index (χ0) is 17.0. The average Bonchev–Trinajstić information content (AvgIpc) is 2.51. The van der Waals surface area contributed by atoms with Crippen LogP contribution in [0.15, 0.2) is 24.3 Å². The largest absolute Gasteiger partial charge is 0.497 e. The highest BCUT2D eigenvalue weighted by molar-refractivity contribution is 5.84. The Labute approximate surface area is 129 Å². The van der Waals surface area contributed by atoms with Crippen LogP contribution in [0.3, 0.4) is 0 Å². The molecular formula is C16H23F2NO3. The van der Waals surface area contributed by atoms with Crippen molar-refractivity contribution in [3.05, 3.63) is 29.8 Å². The van der Waals surface area contributed by atoms with Crippen LogP contribution in [0.1, 0.15) is 32.8 Å². The van der Waals surface area contributed by atoms with Gasteiger partial charge in [-0.25, -0.2) is 0 Å². The Morgan fingerprint density at radius 2 is 1.91 bits per heavy atom. The summed E-state index contributed by atoms with van der Waals surface area (Å²) in [5, 5.41) is 12.0. The minimum Gasteiger partial charge on any atom is -0.497 e. The van der Waals surface area contributed by atoms with Gasteiger partial charge in [-0.05, 0) is 37.6 Å². The number of aliphatic hydroxyl groups is 1. The molecule has 124 valence electrons. The normalized spacial score (nSPS) is 15.8. The maximum atomic E-state index is 14.2. The molecule has 1 rings (SSSR count). The van der Waals surface area contributed by atoms with Gasteiger partial charge in [0.1, 0.15) is 5.75 Å². The van der Waals surface area contributed by atoms with Crippen LogP contribution in [0.5, 0.6) is 5.75 Å². The van der Waals surface area contributed by atoms with Crippen molar-refractivity contribution >= 4 is 5.91 Å². The molecule has 0 aliphatic rings. The summed E-state index contributed by atoms with van der Waals surface area (Å²) in [4.78, 5) is 11.8. The van der Waals surface area contributed by atoms with E-state index in [1.54, 1.807) is 13.8 Å². The van der Waals surface area contributed by atoms with Gasteiger partial charge in [0.05, 0.1) is 13.2 Å². The van der Waals surface area contributed by atoms with Crippen molar-refractivity contribution in [3.63, 3.8) is 0 Å². The molecule has 1 aromatic rings. The Bertz CT molecular complexity index is 503. The molecule has 0 spiro atoms. The van der Waals surface area contributed by atoms with E-state index in [-0.39, 0.29) is 6.54 Å². The number of carbonyl (C=O) groups excluding carboxylic acids is 1. The van der Waals surface area contributed by atoms with E-state index in [4.69, 9.17) is 4.74 Å². The maximum Gasteiger partial charge on any atom is 0.349 e. The third-order valence-corrected chi connectivity index (χ3v) is 4.21. The molecule has 0 aliphatic heterocycles. The molecule has 0 bridgehead atoms. The van der Waals surface area contributed by atoms with E-state index in [9.17, 15) is 18.7 Å². The summed E-state index contributed by atoms with van der Waals surface area (Å²) >= 11 is 0. The monoisotopic (exact) mass is 315 g/mol. The van der Waals surface area contributed by atoms with Gasteiger partial charge in [0.2, 0.25) is 0 Å². The first-order valence-electron chi connectivity index (χ1n) is 7.16. The zero-order valence-corrected chi connectivity index (χ0v) is 13.3. The third-order valence-electron chi connectivity index (χ3n) is 4.21. The average molecular weight is 315 g/mol. The fourth-order valence-electron chi connectivity index (χ4n) is 1.89. The SMILES string of the molecule is CC[C@](C)(CNC(=O)C(F)(F)c1ccc(OC)cc1)[C@H](C)O. The van der Waals surface area contributed by atoms with Crippen molar-refractivity contribution in [2.75, 3.05) is 13.7 Å².